The smallest absolute Gasteiger partial charge is 0.280 e. The maximum atomic E-state index is 11.7. The van der Waals surface area contributed by atoms with E-state index in [0.717, 1.165) is 5.01 Å². The molecule has 0 aliphatic heterocycles. The van der Waals surface area contributed by atoms with Crippen LogP contribution in [0.1, 0.15) is 10.6 Å². The molecule has 0 saturated carbocycles. The van der Waals surface area contributed by atoms with Gasteiger partial charge >= 0.3 is 0 Å². The molecule has 0 saturated heterocycles. The van der Waals surface area contributed by atoms with E-state index in [1.807, 2.05) is 32.2 Å². The molecule has 0 spiro atoms. The minimum atomic E-state index is -0.255. The van der Waals surface area contributed by atoms with Gasteiger partial charge in [0.1, 0.15) is 0 Å². The average Bonchev–Trinajstić information content (AvgIpc) is 2.59. The Bertz CT molecular complexity index is 500. The minimum absolute atomic E-state index is 0.255. The summed E-state index contributed by atoms with van der Waals surface area (Å²) in [6, 6.07) is 8.98. The molecule has 5 heteroatoms. The summed E-state index contributed by atoms with van der Waals surface area (Å²) in [5.41, 5.74) is 0.581. The number of hydrogen-bond acceptors (Lipinski definition) is 4. The molecule has 0 fully saturated rings. The first-order valence-electron chi connectivity index (χ1n) is 4.81. The number of nitrogens with zero attached hydrogens (tertiary/aromatic N) is 3. The predicted octanol–water partition coefficient (Wildman–Crippen LogP) is 0.715. The molecule has 0 amide bonds. The lowest BCUT2D eigenvalue weighted by Crippen LogP contribution is -2.32. The standard InChI is InChI=1S/C11H11N3OS/c1-8-14(2)13-11(16-8)12-10(15)9-6-4-3-5-7-9/h3-7H,1-2H3. The first-order chi connectivity index (χ1) is 7.66. The van der Waals surface area contributed by atoms with Crippen molar-refractivity contribution in [2.45, 2.75) is 6.92 Å². The van der Waals surface area contributed by atoms with Crippen molar-refractivity contribution in [3.63, 3.8) is 0 Å². The van der Waals surface area contributed by atoms with Gasteiger partial charge in [0.05, 0.1) is 0 Å². The van der Waals surface area contributed by atoms with Gasteiger partial charge in [-0.15, -0.1) is 0 Å². The Hall–Kier alpha value is -1.75. The van der Waals surface area contributed by atoms with Crippen molar-refractivity contribution in [2.75, 3.05) is 0 Å². The molecule has 0 bridgehead atoms. The first-order valence-corrected chi connectivity index (χ1v) is 5.63. The van der Waals surface area contributed by atoms with E-state index >= 15 is 0 Å². The van der Waals surface area contributed by atoms with Crippen LogP contribution in [0.3, 0.4) is 0 Å². The highest BCUT2D eigenvalue weighted by Crippen LogP contribution is 2.16. The van der Waals surface area contributed by atoms with Crippen molar-refractivity contribution in [1.29, 1.82) is 0 Å². The fourth-order valence-corrected chi connectivity index (χ4v) is 1.92. The van der Waals surface area contributed by atoms with Crippen LogP contribution in [0.15, 0.2) is 35.3 Å². The fourth-order valence-electron chi connectivity index (χ4n) is 1.19. The van der Waals surface area contributed by atoms with Crippen LogP contribution in [0.25, 0.3) is 0 Å². The average molecular weight is 233 g/mol. The number of rotatable bonds is 2. The zero-order chi connectivity index (χ0) is 11.5. The Morgan fingerprint density at radius 2 is 2.06 bits per heavy atom. The third kappa shape index (κ3) is 2.25. The first kappa shape index (κ1) is 10.8. The molecule has 1 heterocycles. The second-order valence-electron chi connectivity index (χ2n) is 3.31. The summed E-state index contributed by atoms with van der Waals surface area (Å²) in [5.74, 6) is -0.255. The summed E-state index contributed by atoms with van der Waals surface area (Å²) in [6.45, 7) is 1.93. The highest BCUT2D eigenvalue weighted by molar-refractivity contribution is 7.14. The Kier molecular flexibility index (Phi) is 2.96. The van der Waals surface area contributed by atoms with E-state index in [0.29, 0.717) is 10.7 Å². The zero-order valence-corrected chi connectivity index (χ0v) is 9.86. The summed E-state index contributed by atoms with van der Waals surface area (Å²) in [6.07, 6.45) is 0. The molecule has 2 rings (SSSR count). The largest absolute Gasteiger partial charge is 0.858 e. The van der Waals surface area contributed by atoms with Crippen LogP contribution >= 0.6 is 11.3 Å². The van der Waals surface area contributed by atoms with E-state index in [2.05, 4.69) is 10.1 Å². The predicted molar refractivity (Wildman–Crippen MR) is 60.7 cm³/mol. The number of hydrogen-bond donors (Lipinski definition) is 0. The molecule has 16 heavy (non-hydrogen) atoms. The number of aliphatic imine (C=N–C) groups is 1. The third-order valence-electron chi connectivity index (χ3n) is 2.15. The van der Waals surface area contributed by atoms with Crippen molar-refractivity contribution in [2.24, 2.45) is 12.0 Å². The van der Waals surface area contributed by atoms with Gasteiger partial charge in [0.15, 0.2) is 7.05 Å². The van der Waals surface area contributed by atoms with Gasteiger partial charge in [0.2, 0.25) is 0 Å². The number of benzene rings is 1. The van der Waals surface area contributed by atoms with Crippen molar-refractivity contribution >= 4 is 22.4 Å². The van der Waals surface area contributed by atoms with Crippen LogP contribution in [-0.2, 0) is 7.05 Å². The summed E-state index contributed by atoms with van der Waals surface area (Å²) in [4.78, 5) is 3.96. The van der Waals surface area contributed by atoms with Gasteiger partial charge in [-0.25, -0.2) is 4.99 Å². The van der Waals surface area contributed by atoms with Gasteiger partial charge in [-0.3, -0.25) is 0 Å². The molecule has 1 aromatic heterocycles. The quantitative estimate of drug-likeness (QED) is 0.436. The molecule has 0 radical (unpaired) electrons. The Labute approximate surface area is 97.5 Å². The minimum Gasteiger partial charge on any atom is -0.858 e. The van der Waals surface area contributed by atoms with Crippen LogP contribution < -0.4 is 9.79 Å². The van der Waals surface area contributed by atoms with Gasteiger partial charge in [-0.2, -0.15) is 0 Å². The van der Waals surface area contributed by atoms with E-state index in [9.17, 15) is 5.11 Å². The fraction of sp³-hybridized carbons (Fsp3) is 0.182. The Morgan fingerprint density at radius 3 is 2.62 bits per heavy atom. The third-order valence-corrected chi connectivity index (χ3v) is 3.06. The molecule has 0 aliphatic carbocycles. The van der Waals surface area contributed by atoms with Gasteiger partial charge in [0.25, 0.3) is 10.1 Å². The highest BCUT2D eigenvalue weighted by Gasteiger charge is 2.09. The lowest BCUT2D eigenvalue weighted by atomic mass is 10.2. The van der Waals surface area contributed by atoms with Crippen molar-refractivity contribution in [1.82, 2.24) is 5.10 Å². The van der Waals surface area contributed by atoms with Crippen LogP contribution in [0.4, 0.5) is 5.13 Å². The van der Waals surface area contributed by atoms with Gasteiger partial charge in [-0.05, 0) is 22.8 Å². The molecule has 2 aromatic rings. The summed E-state index contributed by atoms with van der Waals surface area (Å²) in [5, 5.41) is 17.4. The van der Waals surface area contributed by atoms with Gasteiger partial charge in [-0.1, -0.05) is 35.0 Å². The number of aromatic nitrogens is 2. The molecule has 0 N–H and O–H groups in total. The molecule has 1 aromatic carbocycles. The van der Waals surface area contributed by atoms with Crippen LogP contribution in [-0.4, -0.2) is 11.0 Å². The molecule has 0 aliphatic rings. The second kappa shape index (κ2) is 4.40. The normalized spacial score (nSPS) is 11.8. The van der Waals surface area contributed by atoms with E-state index in [1.165, 1.54) is 11.3 Å². The SMILES string of the molecule is Cc1sc(/N=C(/[O-])c2ccccc2)n[n+]1C. The van der Waals surface area contributed by atoms with E-state index in [4.69, 9.17) is 0 Å². The van der Waals surface area contributed by atoms with Crippen molar-refractivity contribution in [3.05, 3.63) is 40.9 Å². The van der Waals surface area contributed by atoms with Crippen molar-refractivity contribution < 1.29 is 9.79 Å². The molecular weight excluding hydrogens is 222 g/mol. The van der Waals surface area contributed by atoms with Crippen molar-refractivity contribution in [3.8, 4) is 0 Å². The topological polar surface area (TPSA) is 52.2 Å². The lowest BCUT2D eigenvalue weighted by Gasteiger charge is -2.07. The highest BCUT2D eigenvalue weighted by atomic mass is 32.1. The maximum Gasteiger partial charge on any atom is 0.280 e. The second-order valence-corrected chi connectivity index (χ2v) is 4.47. The van der Waals surface area contributed by atoms with E-state index in [1.54, 1.807) is 16.8 Å². The summed E-state index contributed by atoms with van der Waals surface area (Å²) in [7, 11) is 1.83. The van der Waals surface area contributed by atoms with Gasteiger partial charge < -0.3 is 5.11 Å². The molecule has 0 unspecified atom stereocenters. The van der Waals surface area contributed by atoms with Crippen LogP contribution in [0.2, 0.25) is 0 Å². The Morgan fingerprint density at radius 1 is 1.38 bits per heavy atom. The molecule has 0 atom stereocenters. The summed E-state index contributed by atoms with van der Waals surface area (Å²) >= 11 is 1.40. The molecule has 4 nitrogen and oxygen atoms in total. The van der Waals surface area contributed by atoms with E-state index in [-0.39, 0.29) is 5.90 Å². The molecular formula is C11H11N3OS. The van der Waals surface area contributed by atoms with E-state index < -0.39 is 0 Å². The summed E-state index contributed by atoms with van der Waals surface area (Å²) < 4.78 is 1.71. The monoisotopic (exact) mass is 233 g/mol. The zero-order valence-electron chi connectivity index (χ0n) is 9.04. The number of aryl methyl sites for hydroxylation is 2. The van der Waals surface area contributed by atoms with Crippen LogP contribution in [0.5, 0.6) is 0 Å². The van der Waals surface area contributed by atoms with Gasteiger partial charge in [0, 0.05) is 12.0 Å². The maximum absolute atomic E-state index is 11.7. The Balaban J connectivity index is 2.31. The molecule has 82 valence electrons. The lowest BCUT2D eigenvalue weighted by molar-refractivity contribution is -0.729. The van der Waals surface area contributed by atoms with Crippen LogP contribution in [0, 0.1) is 6.92 Å².